The number of piperidine rings is 1. The second-order valence-corrected chi connectivity index (χ2v) is 7.49. The van der Waals surface area contributed by atoms with E-state index in [0.717, 1.165) is 24.9 Å². The number of halogens is 1. The number of aryl methyl sites for hydroxylation is 2. The van der Waals surface area contributed by atoms with Crippen LogP contribution in [0.25, 0.3) is 0 Å². The lowest BCUT2D eigenvalue weighted by Gasteiger charge is -2.38. The quantitative estimate of drug-likeness (QED) is 0.850. The van der Waals surface area contributed by atoms with Gasteiger partial charge < -0.3 is 5.11 Å². The van der Waals surface area contributed by atoms with Crippen LogP contribution in [0, 0.1) is 19.8 Å². The number of carbonyl (C=O) groups is 1. The molecular formula is C21H24ClNO2. The lowest BCUT2D eigenvalue weighted by atomic mass is 9.90. The summed E-state index contributed by atoms with van der Waals surface area (Å²) in [4.78, 5) is 13.8. The SMILES string of the molecule is Cc1cc(C)cc(C(c2cccc(Cl)c2)N2CCCC(C(=O)O)C2)c1. The molecule has 0 aliphatic carbocycles. The number of benzene rings is 2. The van der Waals surface area contributed by atoms with Gasteiger partial charge in [-0.3, -0.25) is 9.69 Å². The van der Waals surface area contributed by atoms with E-state index in [1.54, 1.807) is 0 Å². The van der Waals surface area contributed by atoms with Crippen LogP contribution in [-0.2, 0) is 4.79 Å². The topological polar surface area (TPSA) is 40.5 Å². The van der Waals surface area contributed by atoms with Crippen LogP contribution in [0.15, 0.2) is 42.5 Å². The highest BCUT2D eigenvalue weighted by Gasteiger charge is 2.31. The van der Waals surface area contributed by atoms with Crippen molar-refractivity contribution in [3.8, 4) is 0 Å². The minimum Gasteiger partial charge on any atom is -0.481 e. The third kappa shape index (κ3) is 4.23. The van der Waals surface area contributed by atoms with Crippen LogP contribution >= 0.6 is 11.6 Å². The van der Waals surface area contributed by atoms with Crippen LogP contribution in [-0.4, -0.2) is 29.1 Å². The first-order valence-corrected chi connectivity index (χ1v) is 9.12. The van der Waals surface area contributed by atoms with Crippen molar-refractivity contribution in [1.82, 2.24) is 4.90 Å². The zero-order valence-corrected chi connectivity index (χ0v) is 15.5. The average molecular weight is 358 g/mol. The monoisotopic (exact) mass is 357 g/mol. The molecule has 0 saturated carbocycles. The molecule has 1 aliphatic heterocycles. The Balaban J connectivity index is 2.04. The summed E-state index contributed by atoms with van der Waals surface area (Å²) < 4.78 is 0. The van der Waals surface area contributed by atoms with Gasteiger partial charge in [0, 0.05) is 11.6 Å². The predicted octanol–water partition coefficient (Wildman–Crippen LogP) is 4.84. The van der Waals surface area contributed by atoms with Gasteiger partial charge in [0.25, 0.3) is 0 Å². The van der Waals surface area contributed by atoms with Crippen LogP contribution in [0.4, 0.5) is 0 Å². The third-order valence-corrected chi connectivity index (χ3v) is 5.13. The number of aliphatic carboxylic acids is 1. The van der Waals surface area contributed by atoms with Crippen molar-refractivity contribution < 1.29 is 9.90 Å². The molecule has 1 aliphatic rings. The van der Waals surface area contributed by atoms with Gasteiger partial charge in [-0.2, -0.15) is 0 Å². The smallest absolute Gasteiger partial charge is 0.307 e. The van der Waals surface area contributed by atoms with Gasteiger partial charge in [0.15, 0.2) is 0 Å². The first-order chi connectivity index (χ1) is 11.9. The molecule has 1 fully saturated rings. The minimum absolute atomic E-state index is 0.0273. The summed E-state index contributed by atoms with van der Waals surface area (Å²) in [6, 6.07) is 14.5. The van der Waals surface area contributed by atoms with Gasteiger partial charge in [0.2, 0.25) is 0 Å². The van der Waals surface area contributed by atoms with Gasteiger partial charge in [-0.25, -0.2) is 0 Å². The second-order valence-electron chi connectivity index (χ2n) is 7.05. The summed E-state index contributed by atoms with van der Waals surface area (Å²) in [6.07, 6.45) is 1.65. The first kappa shape index (κ1) is 18.0. The van der Waals surface area contributed by atoms with E-state index in [1.165, 1.54) is 16.7 Å². The van der Waals surface area contributed by atoms with Gasteiger partial charge in [-0.15, -0.1) is 0 Å². The maximum Gasteiger partial charge on any atom is 0.307 e. The molecule has 25 heavy (non-hydrogen) atoms. The van der Waals surface area contributed by atoms with E-state index in [-0.39, 0.29) is 12.0 Å². The zero-order chi connectivity index (χ0) is 18.0. The summed E-state index contributed by atoms with van der Waals surface area (Å²) in [5, 5.41) is 10.2. The average Bonchev–Trinajstić information content (AvgIpc) is 2.54. The number of carboxylic acid groups (broad SMARTS) is 1. The van der Waals surface area contributed by atoms with E-state index in [2.05, 4.69) is 43.0 Å². The predicted molar refractivity (Wildman–Crippen MR) is 101 cm³/mol. The molecule has 0 amide bonds. The maximum absolute atomic E-state index is 11.5. The fraction of sp³-hybridized carbons (Fsp3) is 0.381. The Morgan fingerprint density at radius 1 is 1.16 bits per heavy atom. The Labute approximate surface area is 154 Å². The van der Waals surface area contributed by atoms with Crippen molar-refractivity contribution in [2.24, 2.45) is 5.92 Å². The standard InChI is InChI=1S/C21H24ClNO2/c1-14-9-15(2)11-18(10-14)20(16-5-3-7-19(22)12-16)23-8-4-6-17(13-23)21(24)25/h3,5,7,9-12,17,20H,4,6,8,13H2,1-2H3,(H,24,25). The normalized spacial score (nSPS) is 19.6. The molecule has 1 saturated heterocycles. The maximum atomic E-state index is 11.5. The highest BCUT2D eigenvalue weighted by Crippen LogP contribution is 2.34. The Morgan fingerprint density at radius 3 is 2.52 bits per heavy atom. The molecular weight excluding hydrogens is 334 g/mol. The molecule has 0 spiro atoms. The van der Waals surface area contributed by atoms with Gasteiger partial charge in [-0.1, -0.05) is 53.1 Å². The zero-order valence-electron chi connectivity index (χ0n) is 14.7. The number of hydrogen-bond acceptors (Lipinski definition) is 2. The summed E-state index contributed by atoms with van der Waals surface area (Å²) >= 11 is 6.24. The second kappa shape index (κ2) is 7.59. The molecule has 2 aromatic carbocycles. The number of hydrogen-bond donors (Lipinski definition) is 1. The Bertz CT molecular complexity index is 754. The van der Waals surface area contributed by atoms with Gasteiger partial charge >= 0.3 is 5.97 Å². The van der Waals surface area contributed by atoms with E-state index in [0.29, 0.717) is 11.6 Å². The van der Waals surface area contributed by atoms with E-state index >= 15 is 0 Å². The fourth-order valence-electron chi connectivity index (χ4n) is 3.90. The number of rotatable bonds is 4. The van der Waals surface area contributed by atoms with Crippen molar-refractivity contribution in [1.29, 1.82) is 0 Å². The van der Waals surface area contributed by atoms with E-state index in [1.807, 2.05) is 18.2 Å². The van der Waals surface area contributed by atoms with Gasteiger partial charge in [0.1, 0.15) is 0 Å². The van der Waals surface area contributed by atoms with Crippen LogP contribution in [0.5, 0.6) is 0 Å². The Hall–Kier alpha value is -1.84. The molecule has 0 radical (unpaired) electrons. The van der Waals surface area contributed by atoms with Crippen molar-refractivity contribution in [2.75, 3.05) is 13.1 Å². The summed E-state index contributed by atoms with van der Waals surface area (Å²) in [6.45, 7) is 5.66. The van der Waals surface area contributed by atoms with E-state index in [4.69, 9.17) is 11.6 Å². The molecule has 132 valence electrons. The van der Waals surface area contributed by atoms with Crippen LogP contribution in [0.1, 0.15) is 41.1 Å². The molecule has 1 heterocycles. The highest BCUT2D eigenvalue weighted by molar-refractivity contribution is 6.30. The Morgan fingerprint density at radius 2 is 1.88 bits per heavy atom. The molecule has 1 N–H and O–H groups in total. The van der Waals surface area contributed by atoms with Crippen molar-refractivity contribution in [3.63, 3.8) is 0 Å². The molecule has 4 heteroatoms. The molecule has 2 unspecified atom stereocenters. The van der Waals surface area contributed by atoms with Crippen LogP contribution < -0.4 is 0 Å². The van der Waals surface area contributed by atoms with Crippen molar-refractivity contribution >= 4 is 17.6 Å². The minimum atomic E-state index is -0.699. The molecule has 3 rings (SSSR count). The summed E-state index contributed by atoms with van der Waals surface area (Å²) in [5.74, 6) is -1.00. The van der Waals surface area contributed by atoms with E-state index in [9.17, 15) is 9.90 Å². The van der Waals surface area contributed by atoms with Gasteiger partial charge in [-0.05, 0) is 56.5 Å². The lowest BCUT2D eigenvalue weighted by Crippen LogP contribution is -2.41. The molecule has 2 atom stereocenters. The van der Waals surface area contributed by atoms with Crippen LogP contribution in [0.2, 0.25) is 5.02 Å². The fourth-order valence-corrected chi connectivity index (χ4v) is 4.10. The first-order valence-electron chi connectivity index (χ1n) is 8.74. The van der Waals surface area contributed by atoms with Crippen molar-refractivity contribution in [2.45, 2.75) is 32.7 Å². The number of likely N-dealkylation sites (tertiary alicyclic amines) is 1. The van der Waals surface area contributed by atoms with Crippen LogP contribution in [0.3, 0.4) is 0 Å². The molecule has 0 aromatic heterocycles. The molecule has 3 nitrogen and oxygen atoms in total. The number of nitrogens with zero attached hydrogens (tertiary/aromatic N) is 1. The molecule has 2 aromatic rings. The largest absolute Gasteiger partial charge is 0.481 e. The van der Waals surface area contributed by atoms with Crippen molar-refractivity contribution in [3.05, 3.63) is 69.7 Å². The Kier molecular flexibility index (Phi) is 5.45. The summed E-state index contributed by atoms with van der Waals surface area (Å²) in [7, 11) is 0. The summed E-state index contributed by atoms with van der Waals surface area (Å²) in [5.41, 5.74) is 4.75. The third-order valence-electron chi connectivity index (χ3n) is 4.89. The lowest BCUT2D eigenvalue weighted by molar-refractivity contribution is -0.143. The van der Waals surface area contributed by atoms with E-state index < -0.39 is 5.97 Å². The highest BCUT2D eigenvalue weighted by atomic mass is 35.5. The number of carboxylic acids is 1. The van der Waals surface area contributed by atoms with Gasteiger partial charge in [0.05, 0.1) is 12.0 Å². The molecule has 0 bridgehead atoms.